The van der Waals surface area contributed by atoms with Gasteiger partial charge in [0.05, 0.1) is 23.3 Å². The van der Waals surface area contributed by atoms with Gasteiger partial charge >= 0.3 is 5.97 Å². The Kier molecular flexibility index (Phi) is 7.34. The second-order valence-corrected chi connectivity index (χ2v) is 8.25. The lowest BCUT2D eigenvalue weighted by atomic mass is 10.0. The summed E-state index contributed by atoms with van der Waals surface area (Å²) < 4.78 is 18.6. The minimum absolute atomic E-state index is 0.223. The maximum absolute atomic E-state index is 13.3. The summed E-state index contributed by atoms with van der Waals surface area (Å²) in [5.41, 5.74) is 4.39. The fraction of sp³-hybridized carbons (Fsp3) is 0.143. The second-order valence-electron chi connectivity index (χ2n) is 8.25. The van der Waals surface area contributed by atoms with Crippen LogP contribution in [-0.4, -0.2) is 35.9 Å². The molecule has 0 aliphatic carbocycles. The van der Waals surface area contributed by atoms with E-state index in [9.17, 15) is 18.8 Å². The van der Waals surface area contributed by atoms with Gasteiger partial charge in [-0.05, 0) is 61.4 Å². The fourth-order valence-corrected chi connectivity index (χ4v) is 3.75. The highest BCUT2D eigenvalue weighted by atomic mass is 19.1. The van der Waals surface area contributed by atoms with Gasteiger partial charge in [-0.15, -0.1) is 0 Å². The lowest BCUT2D eigenvalue weighted by Crippen LogP contribution is -2.35. The number of carbonyl (C=O) groups is 3. The quantitative estimate of drug-likeness (QED) is 0.374. The maximum Gasteiger partial charge on any atom is 0.339 e. The predicted octanol–water partition coefficient (Wildman–Crippen LogP) is 4.57. The summed E-state index contributed by atoms with van der Waals surface area (Å²) in [6.45, 7) is 2.94. The van der Waals surface area contributed by atoms with Gasteiger partial charge in [-0.3, -0.25) is 9.59 Å². The number of hydrogen-bond acceptors (Lipinski definition) is 5. The van der Waals surface area contributed by atoms with Gasteiger partial charge in [-0.2, -0.15) is 0 Å². The first-order valence-corrected chi connectivity index (χ1v) is 11.3. The normalized spacial score (nSPS) is 10.6. The van der Waals surface area contributed by atoms with Crippen molar-refractivity contribution in [3.05, 3.63) is 95.3 Å². The summed E-state index contributed by atoms with van der Waals surface area (Å²) in [7, 11) is 0. The van der Waals surface area contributed by atoms with Crippen LogP contribution in [-0.2, 0) is 14.3 Å². The Morgan fingerprint density at radius 2 is 1.58 bits per heavy atom. The van der Waals surface area contributed by atoms with Gasteiger partial charge in [0.1, 0.15) is 5.82 Å². The topological polar surface area (TPSA) is 97.4 Å². The van der Waals surface area contributed by atoms with E-state index in [1.54, 1.807) is 42.5 Å². The highest BCUT2D eigenvalue weighted by molar-refractivity contribution is 6.05. The zero-order chi connectivity index (χ0) is 25.7. The van der Waals surface area contributed by atoms with Crippen LogP contribution in [0.15, 0.2) is 72.8 Å². The number of fused-ring (bicyclic) bond motifs is 1. The molecule has 0 fully saturated rings. The highest BCUT2D eigenvalue weighted by Crippen LogP contribution is 2.25. The van der Waals surface area contributed by atoms with E-state index >= 15 is 0 Å². The van der Waals surface area contributed by atoms with Crippen molar-refractivity contribution in [2.45, 2.75) is 13.8 Å². The lowest BCUT2D eigenvalue weighted by Gasteiger charge is -2.12. The number of para-hydroxylation sites is 2. The standard InChI is InChI=1S/C28H24FN3O4/c1-17-6-5-7-18(2)27(17)32-25(33)15-30-26(34)16-36-28(35)22-14-24(19-10-12-20(29)13-11-19)31-23-9-4-3-8-21(22)23/h3-14H,15-16H2,1-2H3,(H,30,34)(H,32,33). The van der Waals surface area contributed by atoms with Gasteiger partial charge < -0.3 is 15.4 Å². The number of benzene rings is 3. The Morgan fingerprint density at radius 1 is 0.889 bits per heavy atom. The van der Waals surface area contributed by atoms with Crippen LogP contribution < -0.4 is 10.6 Å². The summed E-state index contributed by atoms with van der Waals surface area (Å²) in [6.07, 6.45) is 0. The van der Waals surface area contributed by atoms with Crippen molar-refractivity contribution in [1.82, 2.24) is 10.3 Å². The van der Waals surface area contributed by atoms with Crippen molar-refractivity contribution in [3.8, 4) is 11.3 Å². The van der Waals surface area contributed by atoms with Crippen LogP contribution >= 0.6 is 0 Å². The fourth-order valence-electron chi connectivity index (χ4n) is 3.75. The van der Waals surface area contributed by atoms with Crippen LogP contribution in [0.5, 0.6) is 0 Å². The number of carbonyl (C=O) groups excluding carboxylic acids is 3. The Balaban J connectivity index is 1.41. The van der Waals surface area contributed by atoms with Gasteiger partial charge in [-0.25, -0.2) is 14.2 Å². The van der Waals surface area contributed by atoms with Gasteiger partial charge in [-0.1, -0.05) is 36.4 Å². The van der Waals surface area contributed by atoms with E-state index < -0.39 is 24.4 Å². The second kappa shape index (κ2) is 10.8. The van der Waals surface area contributed by atoms with Crippen LogP contribution in [0, 0.1) is 19.7 Å². The van der Waals surface area contributed by atoms with Crippen molar-refractivity contribution in [2.24, 2.45) is 0 Å². The Hall–Kier alpha value is -4.59. The summed E-state index contributed by atoms with van der Waals surface area (Å²) >= 11 is 0. The van der Waals surface area contributed by atoms with Crippen LogP contribution in [0.3, 0.4) is 0 Å². The summed E-state index contributed by atoms with van der Waals surface area (Å²) in [5, 5.41) is 5.79. The molecule has 0 unspecified atom stereocenters. The average molecular weight is 486 g/mol. The third kappa shape index (κ3) is 5.72. The molecule has 0 saturated carbocycles. The van der Waals surface area contributed by atoms with E-state index in [-0.39, 0.29) is 17.9 Å². The van der Waals surface area contributed by atoms with Gasteiger partial charge in [0.15, 0.2) is 6.61 Å². The number of rotatable bonds is 7. The first kappa shape index (κ1) is 24.5. The number of halogens is 1. The van der Waals surface area contributed by atoms with E-state index in [2.05, 4.69) is 15.6 Å². The third-order valence-corrected chi connectivity index (χ3v) is 5.60. The van der Waals surface area contributed by atoms with Crippen molar-refractivity contribution >= 4 is 34.4 Å². The minimum atomic E-state index is -0.716. The van der Waals surface area contributed by atoms with Crippen molar-refractivity contribution in [1.29, 1.82) is 0 Å². The third-order valence-electron chi connectivity index (χ3n) is 5.60. The molecule has 3 aromatic carbocycles. The predicted molar refractivity (Wildman–Crippen MR) is 135 cm³/mol. The monoisotopic (exact) mass is 485 g/mol. The van der Waals surface area contributed by atoms with E-state index in [1.807, 2.05) is 32.0 Å². The Labute approximate surface area is 207 Å². The van der Waals surface area contributed by atoms with Crippen molar-refractivity contribution < 1.29 is 23.5 Å². The van der Waals surface area contributed by atoms with E-state index in [0.717, 1.165) is 11.1 Å². The molecular weight excluding hydrogens is 461 g/mol. The molecule has 4 rings (SSSR count). The van der Waals surface area contributed by atoms with E-state index in [1.165, 1.54) is 12.1 Å². The maximum atomic E-state index is 13.3. The van der Waals surface area contributed by atoms with Crippen molar-refractivity contribution in [2.75, 3.05) is 18.5 Å². The molecule has 2 N–H and O–H groups in total. The lowest BCUT2D eigenvalue weighted by molar-refractivity contribution is -0.126. The number of pyridine rings is 1. The van der Waals surface area contributed by atoms with E-state index in [4.69, 9.17) is 4.74 Å². The number of ether oxygens (including phenoxy) is 1. The molecule has 182 valence electrons. The van der Waals surface area contributed by atoms with Gasteiger partial charge in [0, 0.05) is 16.6 Å². The SMILES string of the molecule is Cc1cccc(C)c1NC(=O)CNC(=O)COC(=O)c1cc(-c2ccc(F)cc2)nc2ccccc12. The molecule has 1 heterocycles. The molecule has 0 saturated heterocycles. The average Bonchev–Trinajstić information content (AvgIpc) is 2.88. The largest absolute Gasteiger partial charge is 0.452 e. The molecule has 0 atom stereocenters. The molecule has 7 nitrogen and oxygen atoms in total. The number of aromatic nitrogens is 1. The van der Waals surface area contributed by atoms with Crippen LogP contribution in [0.25, 0.3) is 22.2 Å². The molecule has 0 spiro atoms. The number of nitrogens with one attached hydrogen (secondary N) is 2. The van der Waals surface area contributed by atoms with Gasteiger partial charge in [0.25, 0.3) is 5.91 Å². The highest BCUT2D eigenvalue weighted by Gasteiger charge is 2.17. The van der Waals surface area contributed by atoms with Crippen molar-refractivity contribution in [3.63, 3.8) is 0 Å². The molecule has 4 aromatic rings. The molecule has 2 amide bonds. The molecule has 1 aromatic heterocycles. The number of aryl methyl sites for hydroxylation is 2. The number of hydrogen-bond donors (Lipinski definition) is 2. The number of amides is 2. The van der Waals surface area contributed by atoms with Crippen LogP contribution in [0.4, 0.5) is 10.1 Å². The van der Waals surface area contributed by atoms with Crippen LogP contribution in [0.1, 0.15) is 21.5 Å². The summed E-state index contributed by atoms with van der Waals surface area (Å²) in [5.74, 6) is -2.10. The molecule has 8 heteroatoms. The van der Waals surface area contributed by atoms with Crippen LogP contribution in [0.2, 0.25) is 0 Å². The molecule has 0 aliphatic rings. The zero-order valence-electron chi connectivity index (χ0n) is 19.8. The number of esters is 1. The summed E-state index contributed by atoms with van der Waals surface area (Å²) in [4.78, 5) is 41.9. The Bertz CT molecular complexity index is 1430. The molecule has 0 bridgehead atoms. The molecule has 36 heavy (non-hydrogen) atoms. The first-order valence-electron chi connectivity index (χ1n) is 11.3. The van der Waals surface area contributed by atoms with Gasteiger partial charge in [0.2, 0.25) is 5.91 Å². The minimum Gasteiger partial charge on any atom is -0.452 e. The molecule has 0 aliphatic heterocycles. The molecule has 0 radical (unpaired) electrons. The Morgan fingerprint density at radius 3 is 2.31 bits per heavy atom. The zero-order valence-corrected chi connectivity index (χ0v) is 19.8. The molecular formula is C28H24FN3O4. The first-order chi connectivity index (χ1) is 17.3. The van der Waals surface area contributed by atoms with E-state index in [0.29, 0.717) is 27.8 Å². The smallest absolute Gasteiger partial charge is 0.339 e. The summed E-state index contributed by atoms with van der Waals surface area (Å²) in [6, 6.07) is 20.0. The number of nitrogens with zero attached hydrogens (tertiary/aromatic N) is 1. The number of anilines is 1.